The molecule has 1 aromatic rings. The molecule has 1 unspecified atom stereocenters. The van der Waals surface area contributed by atoms with E-state index in [2.05, 4.69) is 5.32 Å². The Morgan fingerprint density at radius 2 is 1.94 bits per heavy atom. The molecule has 94 valence electrons. The van der Waals surface area contributed by atoms with Gasteiger partial charge in [-0.25, -0.2) is 0 Å². The van der Waals surface area contributed by atoms with Crippen molar-refractivity contribution in [1.82, 2.24) is 5.32 Å². The molecule has 0 heterocycles. The fraction of sp³-hybridized carbons (Fsp3) is 0.462. The maximum atomic E-state index is 11.4. The summed E-state index contributed by atoms with van der Waals surface area (Å²) in [4.78, 5) is 11.4. The molecule has 1 atom stereocenters. The third-order valence-corrected chi connectivity index (χ3v) is 2.66. The lowest BCUT2D eigenvalue weighted by molar-refractivity contribution is -0.141. The maximum absolute atomic E-state index is 11.4. The highest BCUT2D eigenvalue weighted by Crippen LogP contribution is 2.20. The number of carbonyl (C=O) groups is 1. The zero-order valence-electron chi connectivity index (χ0n) is 10.4. The van der Waals surface area contributed by atoms with E-state index < -0.39 is 0 Å². The maximum Gasteiger partial charge on any atom is 0.307 e. The summed E-state index contributed by atoms with van der Waals surface area (Å²) in [6.45, 7) is 4.08. The molecule has 0 aromatic heterocycles. The Morgan fingerprint density at radius 3 is 2.41 bits per heavy atom. The molecule has 1 rings (SSSR count). The number of halogens is 1. The van der Waals surface area contributed by atoms with E-state index in [4.69, 9.17) is 16.3 Å². The minimum absolute atomic E-state index is 0.0419. The number of methoxy groups -OCH3 is 1. The van der Waals surface area contributed by atoms with Gasteiger partial charge in [-0.3, -0.25) is 4.79 Å². The first-order valence-electron chi connectivity index (χ1n) is 5.61. The molecule has 0 saturated heterocycles. The molecule has 0 spiro atoms. The van der Waals surface area contributed by atoms with Crippen LogP contribution < -0.4 is 5.32 Å². The molecule has 0 aliphatic heterocycles. The van der Waals surface area contributed by atoms with Crippen LogP contribution in [0.5, 0.6) is 0 Å². The van der Waals surface area contributed by atoms with E-state index in [9.17, 15) is 4.79 Å². The molecule has 1 aromatic carbocycles. The molecule has 3 nitrogen and oxygen atoms in total. The second-order valence-corrected chi connectivity index (χ2v) is 4.64. The average Bonchev–Trinajstić information content (AvgIpc) is 2.28. The molecule has 0 aliphatic carbocycles. The van der Waals surface area contributed by atoms with Crippen LogP contribution >= 0.6 is 11.6 Å². The third-order valence-electron chi connectivity index (χ3n) is 2.41. The Kier molecular flexibility index (Phi) is 5.45. The summed E-state index contributed by atoms with van der Waals surface area (Å²) in [5.41, 5.74) is 1.04. The van der Waals surface area contributed by atoms with Gasteiger partial charge in [0.25, 0.3) is 0 Å². The Balaban J connectivity index is 2.81. The van der Waals surface area contributed by atoms with E-state index in [0.717, 1.165) is 5.56 Å². The fourth-order valence-corrected chi connectivity index (χ4v) is 1.75. The zero-order chi connectivity index (χ0) is 12.8. The van der Waals surface area contributed by atoms with Crippen molar-refractivity contribution in [2.75, 3.05) is 7.11 Å². The van der Waals surface area contributed by atoms with Crippen LogP contribution in [0.3, 0.4) is 0 Å². The minimum Gasteiger partial charge on any atom is -0.469 e. The van der Waals surface area contributed by atoms with Gasteiger partial charge in [0.1, 0.15) is 0 Å². The van der Waals surface area contributed by atoms with Crippen LogP contribution in [0, 0.1) is 0 Å². The monoisotopic (exact) mass is 255 g/mol. The standard InChI is InChI=1S/C13H18ClNO2/c1-9(2)15-12(8-13(16)17-3)10-4-6-11(14)7-5-10/h4-7,9,12,15H,8H2,1-3H3. The van der Waals surface area contributed by atoms with Gasteiger partial charge >= 0.3 is 5.97 Å². The molecule has 17 heavy (non-hydrogen) atoms. The van der Waals surface area contributed by atoms with Crippen molar-refractivity contribution in [2.45, 2.75) is 32.4 Å². The molecular formula is C13H18ClNO2. The van der Waals surface area contributed by atoms with Crippen molar-refractivity contribution < 1.29 is 9.53 Å². The first-order chi connectivity index (χ1) is 8.02. The first-order valence-corrected chi connectivity index (χ1v) is 5.99. The molecular weight excluding hydrogens is 238 g/mol. The Morgan fingerprint density at radius 1 is 1.35 bits per heavy atom. The molecule has 0 saturated carbocycles. The quantitative estimate of drug-likeness (QED) is 0.822. The molecule has 0 fully saturated rings. The lowest BCUT2D eigenvalue weighted by atomic mass is 10.0. The van der Waals surface area contributed by atoms with Gasteiger partial charge in [0.2, 0.25) is 0 Å². The topological polar surface area (TPSA) is 38.3 Å². The van der Waals surface area contributed by atoms with Gasteiger partial charge in [0, 0.05) is 17.1 Å². The minimum atomic E-state index is -0.224. The van der Waals surface area contributed by atoms with Crippen LogP contribution in [0.15, 0.2) is 24.3 Å². The molecule has 0 bridgehead atoms. The van der Waals surface area contributed by atoms with Crippen LogP contribution in [-0.4, -0.2) is 19.1 Å². The number of rotatable bonds is 5. The van der Waals surface area contributed by atoms with E-state index in [1.807, 2.05) is 38.1 Å². The van der Waals surface area contributed by atoms with Crippen molar-refractivity contribution in [3.05, 3.63) is 34.9 Å². The van der Waals surface area contributed by atoms with Gasteiger partial charge < -0.3 is 10.1 Å². The number of esters is 1. The SMILES string of the molecule is COC(=O)CC(NC(C)C)c1ccc(Cl)cc1. The molecule has 1 N–H and O–H groups in total. The van der Waals surface area contributed by atoms with Crippen LogP contribution in [0.4, 0.5) is 0 Å². The van der Waals surface area contributed by atoms with Crippen molar-refractivity contribution in [2.24, 2.45) is 0 Å². The summed E-state index contributed by atoms with van der Waals surface area (Å²) < 4.78 is 4.70. The smallest absolute Gasteiger partial charge is 0.307 e. The van der Waals surface area contributed by atoms with Crippen LogP contribution in [0.25, 0.3) is 0 Å². The van der Waals surface area contributed by atoms with Gasteiger partial charge in [-0.05, 0) is 17.7 Å². The molecule has 0 radical (unpaired) electrons. The van der Waals surface area contributed by atoms with E-state index in [0.29, 0.717) is 17.5 Å². The summed E-state index contributed by atoms with van der Waals surface area (Å²) in [6.07, 6.45) is 0.316. The lowest BCUT2D eigenvalue weighted by Gasteiger charge is -2.20. The summed E-state index contributed by atoms with van der Waals surface area (Å²) in [6, 6.07) is 7.74. The second kappa shape index (κ2) is 6.62. The normalized spacial score (nSPS) is 12.5. The van der Waals surface area contributed by atoms with Crippen molar-refractivity contribution in [3.8, 4) is 0 Å². The Hall–Kier alpha value is -1.06. The van der Waals surface area contributed by atoms with Gasteiger partial charge in [0.05, 0.1) is 13.5 Å². The van der Waals surface area contributed by atoms with Gasteiger partial charge in [-0.1, -0.05) is 37.6 Å². The second-order valence-electron chi connectivity index (χ2n) is 4.21. The number of hydrogen-bond acceptors (Lipinski definition) is 3. The average molecular weight is 256 g/mol. The van der Waals surface area contributed by atoms with Crippen molar-refractivity contribution >= 4 is 17.6 Å². The Bertz CT molecular complexity index is 362. The number of nitrogens with one attached hydrogen (secondary N) is 1. The van der Waals surface area contributed by atoms with Crippen LogP contribution in [0.1, 0.15) is 31.9 Å². The fourth-order valence-electron chi connectivity index (χ4n) is 1.62. The summed E-state index contributed by atoms with van der Waals surface area (Å²) in [5, 5.41) is 4.03. The van der Waals surface area contributed by atoms with Gasteiger partial charge in [-0.15, -0.1) is 0 Å². The van der Waals surface area contributed by atoms with E-state index in [1.54, 1.807) is 0 Å². The summed E-state index contributed by atoms with van der Waals surface area (Å²) in [5.74, 6) is -0.224. The van der Waals surface area contributed by atoms with E-state index >= 15 is 0 Å². The third kappa shape index (κ3) is 4.75. The highest BCUT2D eigenvalue weighted by molar-refractivity contribution is 6.30. The van der Waals surface area contributed by atoms with Gasteiger partial charge in [0.15, 0.2) is 0 Å². The molecule has 0 amide bonds. The highest BCUT2D eigenvalue weighted by Gasteiger charge is 2.16. The number of hydrogen-bond donors (Lipinski definition) is 1. The summed E-state index contributed by atoms with van der Waals surface area (Å²) in [7, 11) is 1.40. The molecule has 4 heteroatoms. The zero-order valence-corrected chi connectivity index (χ0v) is 11.1. The predicted octanol–water partition coefficient (Wildman–Crippen LogP) is 2.94. The van der Waals surface area contributed by atoms with Crippen molar-refractivity contribution in [1.29, 1.82) is 0 Å². The van der Waals surface area contributed by atoms with Crippen LogP contribution in [0.2, 0.25) is 5.02 Å². The van der Waals surface area contributed by atoms with Gasteiger partial charge in [-0.2, -0.15) is 0 Å². The van der Waals surface area contributed by atoms with Crippen LogP contribution in [-0.2, 0) is 9.53 Å². The highest BCUT2D eigenvalue weighted by atomic mass is 35.5. The van der Waals surface area contributed by atoms with E-state index in [-0.39, 0.29) is 12.0 Å². The first kappa shape index (κ1) is 14.0. The predicted molar refractivity (Wildman–Crippen MR) is 69.1 cm³/mol. The Labute approximate surface area is 107 Å². The largest absolute Gasteiger partial charge is 0.469 e. The molecule has 0 aliphatic rings. The van der Waals surface area contributed by atoms with E-state index in [1.165, 1.54) is 7.11 Å². The number of benzene rings is 1. The summed E-state index contributed by atoms with van der Waals surface area (Å²) >= 11 is 5.84. The number of ether oxygens (including phenoxy) is 1. The lowest BCUT2D eigenvalue weighted by Crippen LogP contribution is -2.30. The number of carbonyl (C=O) groups excluding carboxylic acids is 1. The van der Waals surface area contributed by atoms with Crippen molar-refractivity contribution in [3.63, 3.8) is 0 Å².